The summed E-state index contributed by atoms with van der Waals surface area (Å²) in [5.74, 6) is -1.00. The molecule has 0 unspecified atom stereocenters. The minimum absolute atomic E-state index is 0.108. The number of nitrogens with zero attached hydrogens (tertiary/aromatic N) is 1. The van der Waals surface area contributed by atoms with Crippen LogP contribution in [0.5, 0.6) is 0 Å². The topological polar surface area (TPSA) is 61.7 Å². The van der Waals surface area contributed by atoms with Crippen molar-refractivity contribution >= 4 is 17.4 Å². The molecule has 0 radical (unpaired) electrons. The molecular weight excluding hydrogens is 204 g/mol. The summed E-state index contributed by atoms with van der Waals surface area (Å²) in [5.41, 5.74) is 3.12. The highest BCUT2D eigenvalue weighted by atomic mass is 16.4. The molecule has 0 aromatic heterocycles. The van der Waals surface area contributed by atoms with E-state index < -0.39 is 11.4 Å². The average Bonchev–Trinajstić information content (AvgIpc) is 2.17. The molecule has 0 aliphatic heterocycles. The Hall–Kier alpha value is -1.84. The molecule has 0 aliphatic rings. The van der Waals surface area contributed by atoms with Gasteiger partial charge < -0.3 is 5.11 Å². The van der Waals surface area contributed by atoms with Crippen molar-refractivity contribution in [3.05, 3.63) is 30.3 Å². The lowest BCUT2D eigenvalue weighted by Gasteiger charge is -2.17. The molecule has 0 fully saturated rings. The molecule has 16 heavy (non-hydrogen) atoms. The Kier molecular flexibility index (Phi) is 3.66. The van der Waals surface area contributed by atoms with Crippen molar-refractivity contribution in [1.29, 1.82) is 0 Å². The van der Waals surface area contributed by atoms with Crippen LogP contribution in [-0.2, 0) is 4.79 Å². The van der Waals surface area contributed by atoms with E-state index in [2.05, 4.69) is 10.5 Å². The summed E-state index contributed by atoms with van der Waals surface area (Å²) in [7, 11) is 0. The molecule has 1 aromatic carbocycles. The van der Waals surface area contributed by atoms with E-state index in [1.54, 1.807) is 0 Å². The first kappa shape index (κ1) is 12.2. The summed E-state index contributed by atoms with van der Waals surface area (Å²) in [6, 6.07) is 9.25. The van der Waals surface area contributed by atoms with Crippen LogP contribution in [0, 0.1) is 5.41 Å². The second-order valence-corrected chi connectivity index (χ2v) is 4.49. The van der Waals surface area contributed by atoms with Crippen LogP contribution in [0.25, 0.3) is 0 Å². The second kappa shape index (κ2) is 4.79. The fourth-order valence-corrected chi connectivity index (χ4v) is 1.17. The van der Waals surface area contributed by atoms with Crippen LogP contribution < -0.4 is 5.43 Å². The summed E-state index contributed by atoms with van der Waals surface area (Å²) in [5, 5.41) is 12.9. The number of anilines is 1. The molecule has 4 heteroatoms. The SMILES string of the molecule is CC(C)(C)/C(=N\Nc1ccccc1)C(=O)O. The predicted molar refractivity (Wildman–Crippen MR) is 64.6 cm³/mol. The number of carbonyl (C=O) groups is 1. The first-order chi connectivity index (χ1) is 7.41. The van der Waals surface area contributed by atoms with Crippen molar-refractivity contribution in [2.75, 3.05) is 5.43 Å². The molecular formula is C12H16N2O2. The largest absolute Gasteiger partial charge is 0.477 e. The van der Waals surface area contributed by atoms with Crippen molar-refractivity contribution in [2.45, 2.75) is 20.8 Å². The van der Waals surface area contributed by atoms with Crippen LogP contribution >= 0.6 is 0 Å². The summed E-state index contributed by atoms with van der Waals surface area (Å²) >= 11 is 0. The van der Waals surface area contributed by atoms with E-state index >= 15 is 0 Å². The van der Waals surface area contributed by atoms with Crippen molar-refractivity contribution in [1.82, 2.24) is 0 Å². The zero-order valence-corrected chi connectivity index (χ0v) is 9.69. The van der Waals surface area contributed by atoms with Crippen LogP contribution in [-0.4, -0.2) is 16.8 Å². The van der Waals surface area contributed by atoms with E-state index in [1.165, 1.54) is 0 Å². The highest BCUT2D eigenvalue weighted by molar-refractivity contribution is 6.37. The van der Waals surface area contributed by atoms with Crippen LogP contribution in [0.4, 0.5) is 5.69 Å². The monoisotopic (exact) mass is 220 g/mol. The van der Waals surface area contributed by atoms with E-state index in [0.29, 0.717) is 0 Å². The molecule has 0 spiro atoms. The molecule has 0 amide bonds. The Bertz CT molecular complexity index is 391. The molecule has 1 aromatic rings. The van der Waals surface area contributed by atoms with E-state index in [1.807, 2.05) is 51.1 Å². The Morgan fingerprint density at radius 2 is 1.81 bits per heavy atom. The predicted octanol–water partition coefficient (Wildman–Crippen LogP) is 2.59. The van der Waals surface area contributed by atoms with E-state index in [0.717, 1.165) is 5.69 Å². The van der Waals surface area contributed by atoms with Crippen LogP contribution in [0.15, 0.2) is 35.4 Å². The normalized spacial score (nSPS) is 12.3. The smallest absolute Gasteiger partial charge is 0.352 e. The molecule has 4 nitrogen and oxygen atoms in total. The maximum Gasteiger partial charge on any atom is 0.352 e. The van der Waals surface area contributed by atoms with Gasteiger partial charge in [0.25, 0.3) is 0 Å². The highest BCUT2D eigenvalue weighted by Gasteiger charge is 2.25. The Morgan fingerprint density at radius 1 is 1.25 bits per heavy atom. The number of nitrogens with one attached hydrogen (secondary N) is 1. The molecule has 1 rings (SSSR count). The quantitative estimate of drug-likeness (QED) is 0.608. The van der Waals surface area contributed by atoms with Gasteiger partial charge in [-0.15, -0.1) is 0 Å². The molecule has 0 atom stereocenters. The van der Waals surface area contributed by atoms with Gasteiger partial charge in [0.15, 0.2) is 5.71 Å². The first-order valence-corrected chi connectivity index (χ1v) is 5.04. The third-order valence-electron chi connectivity index (χ3n) is 1.98. The lowest BCUT2D eigenvalue weighted by molar-refractivity contribution is -0.129. The van der Waals surface area contributed by atoms with E-state index in [4.69, 9.17) is 5.11 Å². The van der Waals surface area contributed by atoms with Gasteiger partial charge in [0.05, 0.1) is 5.69 Å². The number of hydrogen-bond acceptors (Lipinski definition) is 3. The zero-order valence-electron chi connectivity index (χ0n) is 9.69. The zero-order chi connectivity index (χ0) is 12.2. The second-order valence-electron chi connectivity index (χ2n) is 4.49. The van der Waals surface area contributed by atoms with Gasteiger partial charge in [0, 0.05) is 5.41 Å². The molecule has 2 N–H and O–H groups in total. The van der Waals surface area contributed by atoms with Crippen molar-refractivity contribution in [3.8, 4) is 0 Å². The lowest BCUT2D eigenvalue weighted by atomic mass is 9.90. The maximum absolute atomic E-state index is 11.0. The Balaban J connectivity index is 2.86. The molecule has 0 saturated carbocycles. The van der Waals surface area contributed by atoms with Crippen molar-refractivity contribution in [2.24, 2.45) is 10.5 Å². The fourth-order valence-electron chi connectivity index (χ4n) is 1.17. The number of hydrogen-bond donors (Lipinski definition) is 2. The minimum Gasteiger partial charge on any atom is -0.477 e. The number of aliphatic carboxylic acids is 1. The number of hydrazone groups is 1. The van der Waals surface area contributed by atoms with Crippen LogP contribution in [0.2, 0.25) is 0 Å². The van der Waals surface area contributed by atoms with Gasteiger partial charge in [-0.05, 0) is 12.1 Å². The molecule has 0 aliphatic carbocycles. The third-order valence-corrected chi connectivity index (χ3v) is 1.98. The molecule has 0 heterocycles. The fraction of sp³-hybridized carbons (Fsp3) is 0.333. The molecule has 0 saturated heterocycles. The maximum atomic E-state index is 11.0. The Morgan fingerprint density at radius 3 is 2.25 bits per heavy atom. The standard InChI is InChI=1S/C12H16N2O2/c1-12(2,3)10(11(15)16)14-13-9-7-5-4-6-8-9/h4-8,13H,1-3H3,(H,15,16)/b14-10-. The molecule has 86 valence electrons. The van der Waals surface area contributed by atoms with Gasteiger partial charge in [-0.2, -0.15) is 5.10 Å². The number of para-hydroxylation sites is 1. The first-order valence-electron chi connectivity index (χ1n) is 5.04. The highest BCUT2D eigenvalue weighted by Crippen LogP contribution is 2.17. The van der Waals surface area contributed by atoms with E-state index in [-0.39, 0.29) is 5.71 Å². The minimum atomic E-state index is -1.00. The lowest BCUT2D eigenvalue weighted by Crippen LogP contribution is -2.29. The van der Waals surface area contributed by atoms with E-state index in [9.17, 15) is 4.79 Å². The summed E-state index contributed by atoms with van der Waals surface area (Å²) in [6.07, 6.45) is 0. The summed E-state index contributed by atoms with van der Waals surface area (Å²) in [4.78, 5) is 11.0. The summed E-state index contributed by atoms with van der Waals surface area (Å²) in [6.45, 7) is 5.44. The number of carboxylic acid groups (broad SMARTS) is 1. The van der Waals surface area contributed by atoms with Gasteiger partial charge >= 0.3 is 5.97 Å². The number of benzene rings is 1. The van der Waals surface area contributed by atoms with Gasteiger partial charge in [-0.3, -0.25) is 5.43 Å². The van der Waals surface area contributed by atoms with Gasteiger partial charge in [0.2, 0.25) is 0 Å². The van der Waals surface area contributed by atoms with Gasteiger partial charge in [0.1, 0.15) is 0 Å². The number of carboxylic acids is 1. The van der Waals surface area contributed by atoms with Crippen molar-refractivity contribution in [3.63, 3.8) is 0 Å². The van der Waals surface area contributed by atoms with Crippen LogP contribution in [0.1, 0.15) is 20.8 Å². The molecule has 0 bridgehead atoms. The van der Waals surface area contributed by atoms with Crippen LogP contribution in [0.3, 0.4) is 0 Å². The summed E-state index contributed by atoms with van der Waals surface area (Å²) < 4.78 is 0. The number of rotatable bonds is 3. The van der Waals surface area contributed by atoms with Gasteiger partial charge in [-0.25, -0.2) is 4.79 Å². The third kappa shape index (κ3) is 3.38. The van der Waals surface area contributed by atoms with Crippen molar-refractivity contribution < 1.29 is 9.90 Å². The Labute approximate surface area is 95.0 Å². The average molecular weight is 220 g/mol. The van der Waals surface area contributed by atoms with Gasteiger partial charge in [-0.1, -0.05) is 39.0 Å².